The Labute approximate surface area is 144 Å². The molecule has 1 amide bonds. The van der Waals surface area contributed by atoms with Crippen molar-refractivity contribution in [3.63, 3.8) is 0 Å². The molecular formula is C18H21F2NO4. The van der Waals surface area contributed by atoms with Crippen LogP contribution in [0.5, 0.6) is 0 Å². The Hall–Kier alpha value is -2.18. The molecule has 3 atom stereocenters. The van der Waals surface area contributed by atoms with Crippen LogP contribution >= 0.6 is 0 Å². The Bertz CT molecular complexity index is 710. The van der Waals surface area contributed by atoms with Gasteiger partial charge in [-0.15, -0.1) is 0 Å². The maximum atomic E-state index is 13.6. The van der Waals surface area contributed by atoms with Crippen LogP contribution in [0.3, 0.4) is 0 Å². The number of hydrogen-bond donors (Lipinski definition) is 1. The first-order valence-electron chi connectivity index (χ1n) is 8.21. The number of hydrogen-bond acceptors (Lipinski definition) is 3. The van der Waals surface area contributed by atoms with Gasteiger partial charge < -0.3 is 9.84 Å². The van der Waals surface area contributed by atoms with Gasteiger partial charge in [0.2, 0.25) is 0 Å². The lowest BCUT2D eigenvalue weighted by molar-refractivity contribution is -0.144. The number of carbonyl (C=O) groups is 2. The number of benzene rings is 1. The number of nitrogens with zero attached hydrogens (tertiary/aromatic N) is 1. The second-order valence-electron chi connectivity index (χ2n) is 7.91. The lowest BCUT2D eigenvalue weighted by atomic mass is 9.86. The molecule has 1 aromatic carbocycles. The highest BCUT2D eigenvalue weighted by Crippen LogP contribution is 2.60. The van der Waals surface area contributed by atoms with E-state index in [9.17, 15) is 23.5 Å². The second-order valence-corrected chi connectivity index (χ2v) is 7.91. The molecule has 1 saturated heterocycles. The van der Waals surface area contributed by atoms with Gasteiger partial charge in [0.25, 0.3) is 0 Å². The maximum Gasteiger partial charge on any atom is 0.411 e. The number of fused-ring (bicyclic) bond motifs is 1. The average Bonchev–Trinajstić information content (AvgIpc) is 3.17. The number of carbonyl (C=O) groups excluding carboxylic acids is 1. The van der Waals surface area contributed by atoms with E-state index in [2.05, 4.69) is 0 Å². The summed E-state index contributed by atoms with van der Waals surface area (Å²) in [5.74, 6) is -2.48. The molecule has 1 saturated carbocycles. The topological polar surface area (TPSA) is 66.8 Å². The standard InChI is InChI=1S/C18H21F2NO4/c1-17(2,3)25-16(24)21-9-18(8-11(18)6-14(21)15(22)23)10-4-12(19)7-13(20)5-10/h4-5,7,11,14H,6,8-9H2,1-3H3,(H,22,23)/t11-,14?,18-/m1/s1. The minimum Gasteiger partial charge on any atom is -0.480 e. The van der Waals surface area contributed by atoms with E-state index in [1.165, 1.54) is 17.0 Å². The number of piperidine rings is 1. The van der Waals surface area contributed by atoms with Gasteiger partial charge in [-0.1, -0.05) is 0 Å². The fourth-order valence-electron chi connectivity index (χ4n) is 3.73. The first-order chi connectivity index (χ1) is 11.5. The van der Waals surface area contributed by atoms with E-state index in [0.717, 1.165) is 6.07 Å². The second kappa shape index (κ2) is 5.68. The van der Waals surface area contributed by atoms with Gasteiger partial charge in [0.05, 0.1) is 0 Å². The molecule has 136 valence electrons. The Balaban J connectivity index is 1.91. The molecule has 0 radical (unpaired) electrons. The minimum atomic E-state index is -1.10. The normalized spacial score (nSPS) is 28.3. The number of amides is 1. The van der Waals surface area contributed by atoms with E-state index in [1.54, 1.807) is 20.8 Å². The van der Waals surface area contributed by atoms with Gasteiger partial charge in [-0.2, -0.15) is 0 Å². The molecule has 1 unspecified atom stereocenters. The molecule has 1 aliphatic heterocycles. The molecule has 0 aromatic heterocycles. The molecule has 5 nitrogen and oxygen atoms in total. The molecule has 1 N–H and O–H groups in total. The Kier molecular flexibility index (Phi) is 4.00. The van der Waals surface area contributed by atoms with Crippen LogP contribution in [0.4, 0.5) is 13.6 Å². The number of aliphatic carboxylic acids is 1. The Morgan fingerprint density at radius 3 is 2.36 bits per heavy atom. The van der Waals surface area contributed by atoms with Crippen LogP contribution in [0, 0.1) is 17.6 Å². The van der Waals surface area contributed by atoms with Crippen molar-refractivity contribution in [1.82, 2.24) is 4.90 Å². The maximum absolute atomic E-state index is 13.6. The van der Waals surface area contributed by atoms with E-state index in [-0.39, 0.29) is 18.9 Å². The van der Waals surface area contributed by atoms with Gasteiger partial charge in [-0.3, -0.25) is 4.90 Å². The van der Waals surface area contributed by atoms with Crippen LogP contribution in [0.1, 0.15) is 39.2 Å². The van der Waals surface area contributed by atoms with Crippen LogP contribution in [0.25, 0.3) is 0 Å². The first kappa shape index (κ1) is 17.6. The van der Waals surface area contributed by atoms with E-state index in [4.69, 9.17) is 4.74 Å². The minimum absolute atomic E-state index is 0.0199. The summed E-state index contributed by atoms with van der Waals surface area (Å²) in [5, 5.41) is 9.47. The van der Waals surface area contributed by atoms with E-state index < -0.39 is 40.8 Å². The fourth-order valence-corrected chi connectivity index (χ4v) is 3.73. The molecule has 7 heteroatoms. The smallest absolute Gasteiger partial charge is 0.411 e. The highest BCUT2D eigenvalue weighted by atomic mass is 19.1. The summed E-state index contributed by atoms with van der Waals surface area (Å²) >= 11 is 0. The summed E-state index contributed by atoms with van der Waals surface area (Å²) in [6, 6.07) is 2.33. The van der Waals surface area contributed by atoms with E-state index in [1.807, 2.05) is 0 Å². The van der Waals surface area contributed by atoms with Gasteiger partial charge in [-0.25, -0.2) is 18.4 Å². The van der Waals surface area contributed by atoms with Crippen molar-refractivity contribution in [2.45, 2.75) is 50.7 Å². The summed E-state index contributed by atoms with van der Waals surface area (Å²) in [6.07, 6.45) is 0.118. The van der Waals surface area contributed by atoms with E-state index >= 15 is 0 Å². The number of likely N-dealkylation sites (tertiary alicyclic amines) is 1. The predicted molar refractivity (Wildman–Crippen MR) is 85.1 cm³/mol. The molecule has 2 fully saturated rings. The number of carboxylic acid groups (broad SMARTS) is 1. The summed E-state index contributed by atoms with van der Waals surface area (Å²) in [6.45, 7) is 5.17. The molecule has 0 bridgehead atoms. The van der Waals surface area contributed by atoms with Gasteiger partial charge in [-0.05, 0) is 57.2 Å². The lowest BCUT2D eigenvalue weighted by Gasteiger charge is -2.38. The number of rotatable bonds is 2. The molecule has 2 aliphatic rings. The lowest BCUT2D eigenvalue weighted by Crippen LogP contribution is -2.53. The molecular weight excluding hydrogens is 332 g/mol. The molecule has 1 heterocycles. The number of halogens is 2. The van der Waals surface area contributed by atoms with Gasteiger partial charge in [0.15, 0.2) is 0 Å². The highest BCUT2D eigenvalue weighted by Gasteiger charge is 2.62. The zero-order valence-corrected chi connectivity index (χ0v) is 14.4. The van der Waals surface area contributed by atoms with Crippen LogP contribution in [-0.2, 0) is 14.9 Å². The summed E-state index contributed by atoms with van der Waals surface area (Å²) in [5.41, 5.74) is -0.905. The fraction of sp³-hybridized carbons (Fsp3) is 0.556. The number of ether oxygens (including phenoxy) is 1. The largest absolute Gasteiger partial charge is 0.480 e. The Morgan fingerprint density at radius 1 is 1.24 bits per heavy atom. The monoisotopic (exact) mass is 353 g/mol. The predicted octanol–water partition coefficient (Wildman–Crippen LogP) is 3.32. The Morgan fingerprint density at radius 2 is 1.84 bits per heavy atom. The summed E-state index contributed by atoms with van der Waals surface area (Å²) in [4.78, 5) is 25.3. The highest BCUT2D eigenvalue weighted by molar-refractivity contribution is 5.81. The number of carboxylic acids is 1. The van der Waals surface area contributed by atoms with Crippen molar-refractivity contribution in [1.29, 1.82) is 0 Å². The van der Waals surface area contributed by atoms with Crippen LogP contribution in [0.15, 0.2) is 18.2 Å². The summed E-state index contributed by atoms with van der Waals surface area (Å²) < 4.78 is 32.6. The third-order valence-corrected chi connectivity index (χ3v) is 4.92. The average molecular weight is 353 g/mol. The van der Waals surface area contributed by atoms with Gasteiger partial charge in [0.1, 0.15) is 23.3 Å². The van der Waals surface area contributed by atoms with E-state index in [0.29, 0.717) is 12.0 Å². The van der Waals surface area contributed by atoms with Crippen molar-refractivity contribution < 1.29 is 28.2 Å². The van der Waals surface area contributed by atoms with Crippen LogP contribution in [-0.4, -0.2) is 40.3 Å². The zero-order chi connectivity index (χ0) is 18.6. The third kappa shape index (κ3) is 3.32. The molecule has 3 rings (SSSR count). The summed E-state index contributed by atoms with van der Waals surface area (Å²) in [7, 11) is 0. The molecule has 25 heavy (non-hydrogen) atoms. The van der Waals surface area contributed by atoms with Crippen molar-refractivity contribution in [3.05, 3.63) is 35.4 Å². The molecule has 0 spiro atoms. The molecule has 1 aromatic rings. The third-order valence-electron chi connectivity index (χ3n) is 4.92. The zero-order valence-electron chi connectivity index (χ0n) is 14.4. The molecule has 1 aliphatic carbocycles. The first-order valence-corrected chi connectivity index (χ1v) is 8.21. The van der Waals surface area contributed by atoms with Crippen LogP contribution < -0.4 is 0 Å². The van der Waals surface area contributed by atoms with Crippen molar-refractivity contribution in [2.75, 3.05) is 6.54 Å². The quantitative estimate of drug-likeness (QED) is 0.886. The van der Waals surface area contributed by atoms with Crippen LogP contribution in [0.2, 0.25) is 0 Å². The van der Waals surface area contributed by atoms with Crippen molar-refractivity contribution in [3.8, 4) is 0 Å². The van der Waals surface area contributed by atoms with Crippen molar-refractivity contribution >= 4 is 12.1 Å². The van der Waals surface area contributed by atoms with Gasteiger partial charge >= 0.3 is 12.1 Å². The van der Waals surface area contributed by atoms with Gasteiger partial charge in [0, 0.05) is 18.0 Å². The SMILES string of the molecule is CC(C)(C)OC(=O)N1C[C@@]2(c3cc(F)cc(F)c3)C[C@H]2CC1C(=O)O. The van der Waals surface area contributed by atoms with Crippen molar-refractivity contribution in [2.24, 2.45) is 5.92 Å².